The molecule has 9 nitrogen and oxygen atoms in total. The topological polar surface area (TPSA) is 105 Å². The number of carboxylic acid groups (broad SMARTS) is 1. The summed E-state index contributed by atoms with van der Waals surface area (Å²) in [6.07, 6.45) is 0. The van der Waals surface area contributed by atoms with Gasteiger partial charge in [-0.2, -0.15) is 4.98 Å². The van der Waals surface area contributed by atoms with Gasteiger partial charge in [0.2, 0.25) is 5.95 Å². The van der Waals surface area contributed by atoms with E-state index in [1.165, 1.54) is 11.6 Å². The van der Waals surface area contributed by atoms with Crippen LogP contribution in [-0.4, -0.2) is 31.2 Å². The Balaban J connectivity index is 1.98. The molecule has 0 atom stereocenters. The minimum atomic E-state index is -1.51. The highest BCUT2D eigenvalue weighted by Crippen LogP contribution is 2.35. The van der Waals surface area contributed by atoms with Crippen LogP contribution in [0.25, 0.3) is 11.2 Å². The van der Waals surface area contributed by atoms with Crippen LogP contribution in [0.5, 0.6) is 0 Å². The molecule has 10 heteroatoms. The molecule has 4 rings (SSSR count). The molecule has 0 aliphatic carbocycles. The summed E-state index contributed by atoms with van der Waals surface area (Å²) >= 11 is 6.22. The molecule has 1 aromatic carbocycles. The molecule has 0 saturated heterocycles. The molecule has 1 aliphatic heterocycles. The first kappa shape index (κ1) is 17.3. The predicted molar refractivity (Wildman–Crippen MR) is 97.4 cm³/mol. The van der Waals surface area contributed by atoms with Crippen LogP contribution >= 0.6 is 11.6 Å². The molecule has 3 heterocycles. The fourth-order valence-corrected chi connectivity index (χ4v) is 3.63. The van der Waals surface area contributed by atoms with Gasteiger partial charge in [-0.1, -0.05) is 17.7 Å². The maximum absolute atomic E-state index is 12.8. The highest BCUT2D eigenvalue weighted by molar-refractivity contribution is 6.31. The lowest BCUT2D eigenvalue weighted by atomic mass is 10.2. The minimum Gasteiger partial charge on any atom is -0.548 e. The predicted octanol–water partition coefficient (Wildman–Crippen LogP) is -0.240. The SMILES string of the molecule is Cc1c(Cl)cccc1N1CCn2c1nc1c2c(=O)n(CC(=O)[O-])c(=O)n1C. The number of nitrogens with zero attached hydrogens (tertiary/aromatic N) is 5. The second kappa shape index (κ2) is 5.98. The molecule has 0 fully saturated rings. The summed E-state index contributed by atoms with van der Waals surface area (Å²) in [5.74, 6) is -1.00. The first-order valence-corrected chi connectivity index (χ1v) is 8.61. The van der Waals surface area contributed by atoms with E-state index >= 15 is 0 Å². The van der Waals surface area contributed by atoms with Crippen LogP contribution in [0.15, 0.2) is 27.8 Å². The third kappa shape index (κ3) is 2.46. The third-order valence-electron chi connectivity index (χ3n) is 4.82. The summed E-state index contributed by atoms with van der Waals surface area (Å²) in [7, 11) is 1.45. The molecule has 0 amide bonds. The van der Waals surface area contributed by atoms with Crippen LogP contribution in [0.1, 0.15) is 5.56 Å². The minimum absolute atomic E-state index is 0.190. The van der Waals surface area contributed by atoms with Gasteiger partial charge in [0.15, 0.2) is 11.2 Å². The fourth-order valence-electron chi connectivity index (χ4n) is 3.46. The van der Waals surface area contributed by atoms with Crippen molar-refractivity contribution in [1.82, 2.24) is 18.7 Å². The number of carboxylic acids is 1. The van der Waals surface area contributed by atoms with Crippen LogP contribution in [0.3, 0.4) is 0 Å². The number of aromatic nitrogens is 4. The molecule has 2 aromatic heterocycles. The van der Waals surface area contributed by atoms with Crippen molar-refractivity contribution in [2.75, 3.05) is 11.4 Å². The normalized spacial score (nSPS) is 13.4. The number of rotatable bonds is 3. The number of carbonyl (C=O) groups excluding carboxylic acids is 1. The Kier molecular flexibility index (Phi) is 3.84. The molecule has 0 unspecified atom stereocenters. The number of hydrogen-bond donors (Lipinski definition) is 0. The van der Waals surface area contributed by atoms with Crippen molar-refractivity contribution in [3.05, 3.63) is 49.6 Å². The lowest BCUT2D eigenvalue weighted by molar-refractivity contribution is -0.306. The molecule has 27 heavy (non-hydrogen) atoms. The number of hydrogen-bond acceptors (Lipinski definition) is 6. The van der Waals surface area contributed by atoms with E-state index in [0.717, 1.165) is 11.3 Å². The van der Waals surface area contributed by atoms with Crippen molar-refractivity contribution in [2.24, 2.45) is 7.05 Å². The van der Waals surface area contributed by atoms with E-state index in [1.807, 2.05) is 24.0 Å². The van der Waals surface area contributed by atoms with E-state index in [9.17, 15) is 19.5 Å². The molecule has 3 aromatic rings. The first-order valence-electron chi connectivity index (χ1n) is 8.24. The highest BCUT2D eigenvalue weighted by atomic mass is 35.5. The average molecular weight is 389 g/mol. The van der Waals surface area contributed by atoms with Gasteiger partial charge >= 0.3 is 5.69 Å². The molecule has 0 radical (unpaired) electrons. The Hall–Kier alpha value is -3.07. The van der Waals surface area contributed by atoms with Gasteiger partial charge in [0, 0.05) is 30.8 Å². The summed E-state index contributed by atoms with van der Waals surface area (Å²) in [5, 5.41) is 11.6. The van der Waals surface area contributed by atoms with Crippen molar-refractivity contribution in [1.29, 1.82) is 0 Å². The number of halogens is 1. The van der Waals surface area contributed by atoms with Crippen LogP contribution in [0.4, 0.5) is 11.6 Å². The number of fused-ring (bicyclic) bond motifs is 3. The zero-order valence-corrected chi connectivity index (χ0v) is 15.4. The van der Waals surface area contributed by atoms with Gasteiger partial charge < -0.3 is 19.4 Å². The number of aliphatic carboxylic acids is 1. The summed E-state index contributed by atoms with van der Waals surface area (Å²) in [5.41, 5.74) is 0.689. The second-order valence-corrected chi connectivity index (χ2v) is 6.78. The molecule has 1 aliphatic rings. The van der Waals surface area contributed by atoms with Crippen molar-refractivity contribution in [3.63, 3.8) is 0 Å². The number of imidazole rings is 1. The van der Waals surface area contributed by atoms with E-state index in [4.69, 9.17) is 11.6 Å². The van der Waals surface area contributed by atoms with E-state index < -0.39 is 23.8 Å². The molecule has 0 bridgehead atoms. The maximum atomic E-state index is 12.8. The zero-order chi connectivity index (χ0) is 19.5. The summed E-state index contributed by atoms with van der Waals surface area (Å²) in [6, 6.07) is 5.53. The zero-order valence-electron chi connectivity index (χ0n) is 14.6. The molecule has 0 saturated carbocycles. The van der Waals surface area contributed by atoms with Gasteiger partial charge in [-0.3, -0.25) is 13.9 Å². The van der Waals surface area contributed by atoms with E-state index in [2.05, 4.69) is 4.98 Å². The highest BCUT2D eigenvalue weighted by Gasteiger charge is 2.29. The van der Waals surface area contributed by atoms with Gasteiger partial charge in [-0.15, -0.1) is 0 Å². The van der Waals surface area contributed by atoms with Gasteiger partial charge in [-0.25, -0.2) is 4.79 Å². The Bertz CT molecular complexity index is 1220. The second-order valence-electron chi connectivity index (χ2n) is 6.38. The van der Waals surface area contributed by atoms with Crippen LogP contribution in [-0.2, 0) is 24.9 Å². The summed E-state index contributed by atoms with van der Waals surface area (Å²) < 4.78 is 3.52. The van der Waals surface area contributed by atoms with E-state index in [-0.39, 0.29) is 11.2 Å². The van der Waals surface area contributed by atoms with Crippen LogP contribution in [0.2, 0.25) is 5.02 Å². The standard InChI is InChI=1S/C17H16ClN5O4/c1-9-10(18)4-3-5-11(9)21-6-7-22-13-14(19-16(21)22)20(2)17(27)23(15(13)26)8-12(24)25/h3-5H,6-8H2,1-2H3,(H,24,25)/p-1. The monoisotopic (exact) mass is 388 g/mol. The Morgan fingerprint density at radius 1 is 1.30 bits per heavy atom. The molecular formula is C17H15ClN5O4-. The number of benzene rings is 1. The number of anilines is 2. The smallest absolute Gasteiger partial charge is 0.332 e. The van der Waals surface area contributed by atoms with E-state index in [1.54, 1.807) is 10.6 Å². The first-order chi connectivity index (χ1) is 12.8. The van der Waals surface area contributed by atoms with Crippen molar-refractivity contribution in [2.45, 2.75) is 20.0 Å². The van der Waals surface area contributed by atoms with Gasteiger partial charge in [0.25, 0.3) is 5.56 Å². The number of aryl methyl sites for hydroxylation is 1. The maximum Gasteiger partial charge on any atom is 0.332 e. The molecule has 140 valence electrons. The summed E-state index contributed by atoms with van der Waals surface area (Å²) in [6.45, 7) is 2.13. The molecular weight excluding hydrogens is 374 g/mol. The fraction of sp³-hybridized carbons (Fsp3) is 0.294. The van der Waals surface area contributed by atoms with Crippen LogP contribution in [0, 0.1) is 6.92 Å². The Morgan fingerprint density at radius 2 is 2.04 bits per heavy atom. The average Bonchev–Trinajstić information content (AvgIpc) is 3.18. The summed E-state index contributed by atoms with van der Waals surface area (Å²) in [4.78, 5) is 42.5. The Labute approximate surface area is 157 Å². The van der Waals surface area contributed by atoms with Crippen molar-refractivity contribution < 1.29 is 9.90 Å². The molecule has 0 spiro atoms. The van der Waals surface area contributed by atoms with Gasteiger partial charge in [-0.05, 0) is 24.6 Å². The van der Waals surface area contributed by atoms with Crippen molar-refractivity contribution >= 4 is 40.4 Å². The van der Waals surface area contributed by atoms with Gasteiger partial charge in [0.1, 0.15) is 0 Å². The number of carbonyl (C=O) groups is 1. The van der Waals surface area contributed by atoms with Crippen LogP contribution < -0.4 is 21.3 Å². The quantitative estimate of drug-likeness (QED) is 0.613. The lowest BCUT2D eigenvalue weighted by Crippen LogP contribution is -2.44. The van der Waals surface area contributed by atoms with Crippen molar-refractivity contribution in [3.8, 4) is 0 Å². The van der Waals surface area contributed by atoms with Gasteiger partial charge in [0.05, 0.1) is 12.5 Å². The molecule has 0 N–H and O–H groups in total. The largest absolute Gasteiger partial charge is 0.548 e. The Morgan fingerprint density at radius 3 is 2.74 bits per heavy atom. The lowest BCUT2D eigenvalue weighted by Gasteiger charge is -2.19. The third-order valence-corrected chi connectivity index (χ3v) is 5.23. The van der Waals surface area contributed by atoms with E-state index in [0.29, 0.717) is 28.6 Å².